The van der Waals surface area contributed by atoms with Gasteiger partial charge in [0.2, 0.25) is 13.6 Å². The van der Waals surface area contributed by atoms with Crippen molar-refractivity contribution in [2.24, 2.45) is 0 Å². The lowest BCUT2D eigenvalue weighted by molar-refractivity contribution is -0.158. The van der Waals surface area contributed by atoms with Gasteiger partial charge in [-0.15, -0.1) is 23.5 Å². The number of nitriles is 2. The Labute approximate surface area is 757 Å². The third-order valence-electron chi connectivity index (χ3n) is 26.1. The van der Waals surface area contributed by atoms with Gasteiger partial charge >= 0.3 is 35.8 Å². The number of halogens is 1. The highest BCUT2D eigenvalue weighted by molar-refractivity contribution is 7.99. The van der Waals surface area contributed by atoms with Crippen LogP contribution in [-0.2, 0) is 74.8 Å². The molecule has 684 valence electrons. The summed E-state index contributed by atoms with van der Waals surface area (Å²) in [6.45, 7) is 24.5. The molecule has 8 bridgehead atoms. The van der Waals surface area contributed by atoms with Crippen molar-refractivity contribution in [2.45, 2.75) is 188 Å². The van der Waals surface area contributed by atoms with Crippen LogP contribution in [0.15, 0.2) is 62.1 Å². The van der Waals surface area contributed by atoms with Crippen LogP contribution < -0.4 is 62.7 Å². The number of phenolic OH excluding ortho intramolecular Hbond substituents is 3. The molecule has 14 atom stereocenters. The van der Waals surface area contributed by atoms with Crippen molar-refractivity contribution < 1.29 is 125 Å². The van der Waals surface area contributed by atoms with Crippen molar-refractivity contribution in [3.63, 3.8) is 0 Å². The standard InChI is InChI=1S/C46H50N4O13S.C43H48N4O11S.C3H3ClO2/c1-10-57-43(53)62-38-22(3)39-40(60-20-59-39)32-28-18-58-42(52)46(25-16-29(55-8)30(15-23(25)11-12-48-46)61-44(54)63-45(4,5)6)19-64-41(33(32)38)35-34-31-24(13-21(2)37(56-9)36(31)51)14-26(49(34)7)27(17-47)50(28)35;1-19-11-22-12-24-25(15-44)47-26-16-54-40(50)43(23-14-27(52-7)28(13-21(23)9-10-45-43)57-41(51)58-42(3,4)5)17-59-39(31-30(26)38-37(55-18-56-38)20(2)34(31)48)33(47)32(46(24)6)29(22)35(49)36(19)53-8;1-2-6-3(4)5/h10,13,15-16,26-28,34-35,41,48,51H,1,11-12,14,18-20H2,2-9H3;11,13-14,24-26,32-33,39,45,48-49H,9-10,12,16-18H2,1-8H3;2H,1H2/t26-,27-,28-,34+,35?,41+,46+;24-,25-,26-,32+,33?,39+,43+;/m00./s1. The summed E-state index contributed by atoms with van der Waals surface area (Å²) in [5.74, 6) is 2.32. The van der Waals surface area contributed by atoms with Crippen LogP contribution in [0, 0.1) is 50.4 Å². The summed E-state index contributed by atoms with van der Waals surface area (Å²) in [6, 6.07) is 10.2. The topological polar surface area (TPSA) is 405 Å². The molecule has 5 N–H and O–H groups in total. The molecular formula is C92H101ClN8O26S2. The highest BCUT2D eigenvalue weighted by atomic mass is 35.5. The smallest absolute Gasteiger partial charge is 0.507 e. The fraction of sp³-hybridized carbons (Fsp3) is 0.478. The SMILES string of the molecule is C=COC(=O)Cl.C=COC(=O)Oc1c(C)c2c(c3c1[C@H]1SC[C@]4(NCCc5cc(OC(=O)OC(C)(C)C)c(OC)cc54)C(=O)OC[C@@H]3N3C1[C@H]1c4c(cc(C)c(OC)c4O)C[C@@H]([C@@H]3C#N)N1C)OCO2.COc1cc2c(cc1OC(=O)OC(C)(C)C)CCN[C@]21CS[C@@H]2c3c(O)c(C)c4c(c3[C@H](COC1=O)N1C2[C@H]2c3c(cc(C)c(OC)c3O)C[C@@H]([C@@H]1C#N)N2C)OCO4. The molecule has 34 nitrogen and oxygen atoms in total. The first-order valence-electron chi connectivity index (χ1n) is 41.9. The molecule has 6 aromatic rings. The molecule has 129 heavy (non-hydrogen) atoms. The fourth-order valence-corrected chi connectivity index (χ4v) is 24.5. The van der Waals surface area contributed by atoms with Gasteiger partial charge in [0.15, 0.2) is 80.1 Å². The monoisotopic (exact) mass is 1830 g/mol. The van der Waals surface area contributed by atoms with Gasteiger partial charge in [-0.2, -0.15) is 10.5 Å². The molecule has 4 saturated heterocycles. The van der Waals surface area contributed by atoms with Crippen LogP contribution in [0.1, 0.15) is 165 Å². The van der Waals surface area contributed by atoms with Gasteiger partial charge in [-0.05, 0) is 178 Å². The van der Waals surface area contributed by atoms with Crippen molar-refractivity contribution in [1.29, 1.82) is 10.5 Å². The van der Waals surface area contributed by atoms with Crippen LogP contribution in [0.25, 0.3) is 0 Å². The quantitative estimate of drug-likeness (QED) is 0.0295. The number of likely N-dealkylation sites (N-methyl/N-ethyl adjacent to an activating group) is 2. The van der Waals surface area contributed by atoms with Crippen molar-refractivity contribution >= 4 is 71.0 Å². The third-order valence-corrected chi connectivity index (χ3v) is 29.1. The molecule has 0 aliphatic carbocycles. The number of methoxy groups -OCH3 is 4. The fourth-order valence-electron chi connectivity index (χ4n) is 21.1. The molecule has 0 radical (unpaired) electrons. The predicted octanol–water partition coefficient (Wildman–Crippen LogP) is 13.2. The molecule has 4 fully saturated rings. The van der Waals surface area contributed by atoms with E-state index in [-0.39, 0.29) is 96.4 Å². The first-order valence-corrected chi connectivity index (χ1v) is 44.4. The first-order chi connectivity index (χ1) is 61.5. The number of hydrogen-bond acceptors (Lipinski definition) is 36. The van der Waals surface area contributed by atoms with Crippen LogP contribution in [0.2, 0.25) is 0 Å². The number of phenols is 3. The second-order valence-corrected chi connectivity index (χ2v) is 37.8. The van der Waals surface area contributed by atoms with E-state index < -0.39 is 117 Å². The zero-order valence-electron chi connectivity index (χ0n) is 74.1. The summed E-state index contributed by atoms with van der Waals surface area (Å²) in [4.78, 5) is 87.1. The van der Waals surface area contributed by atoms with Crippen molar-refractivity contribution in [3.05, 3.63) is 151 Å². The number of fused-ring (bicyclic) bond motifs is 18. The van der Waals surface area contributed by atoms with Crippen LogP contribution in [0.3, 0.4) is 0 Å². The van der Waals surface area contributed by atoms with E-state index in [0.717, 1.165) is 40.3 Å². The number of piperazine rings is 2. The average molecular weight is 1830 g/mol. The van der Waals surface area contributed by atoms with Crippen molar-refractivity contribution in [2.75, 3.05) is 93.9 Å². The average Bonchev–Trinajstić information content (AvgIpc) is 1.27. The van der Waals surface area contributed by atoms with E-state index in [1.807, 2.05) is 40.1 Å². The van der Waals surface area contributed by atoms with E-state index in [4.69, 9.17) is 75.8 Å². The highest BCUT2D eigenvalue weighted by Crippen LogP contribution is 2.68. The Bertz CT molecular complexity index is 5750. The van der Waals surface area contributed by atoms with Gasteiger partial charge in [-0.1, -0.05) is 25.3 Å². The van der Waals surface area contributed by atoms with Crippen LogP contribution in [0.5, 0.6) is 80.5 Å². The molecule has 20 rings (SSSR count). The number of hydrogen-bond donors (Lipinski definition) is 5. The molecule has 6 aromatic carbocycles. The van der Waals surface area contributed by atoms with E-state index in [9.17, 15) is 49.8 Å². The summed E-state index contributed by atoms with van der Waals surface area (Å²) < 4.78 is 97.8. The molecule has 14 aliphatic rings. The lowest BCUT2D eigenvalue weighted by Crippen LogP contribution is -2.69. The van der Waals surface area contributed by atoms with E-state index >= 15 is 4.79 Å². The summed E-state index contributed by atoms with van der Waals surface area (Å²) in [6.07, 6.45) is 1.02. The van der Waals surface area contributed by atoms with Gasteiger partial charge in [0.05, 0.1) is 87.8 Å². The maximum Gasteiger partial charge on any atom is 0.518 e. The molecule has 2 spiro atoms. The zero-order chi connectivity index (χ0) is 92.4. The Balaban J connectivity index is 0.000000178. The number of carbonyl (C=O) groups excluding carboxylic acids is 6. The van der Waals surface area contributed by atoms with Crippen LogP contribution in [-0.4, -0.2) is 212 Å². The van der Waals surface area contributed by atoms with Crippen molar-refractivity contribution in [3.8, 4) is 92.6 Å². The Kier molecular flexibility index (Phi) is 24.5. The second-order valence-electron chi connectivity index (χ2n) is 35.3. The Morgan fingerprint density at radius 2 is 0.946 bits per heavy atom. The van der Waals surface area contributed by atoms with Gasteiger partial charge in [-0.25, -0.2) is 28.8 Å². The lowest BCUT2D eigenvalue weighted by Gasteiger charge is -2.62. The Hall–Kier alpha value is -11.4. The van der Waals surface area contributed by atoms with Crippen LogP contribution in [0.4, 0.5) is 19.2 Å². The number of esters is 2. The van der Waals surface area contributed by atoms with E-state index in [2.05, 4.69) is 71.9 Å². The number of aromatic hydroxyl groups is 3. The van der Waals surface area contributed by atoms with E-state index in [1.54, 1.807) is 79.7 Å². The molecule has 0 aromatic heterocycles. The number of rotatable bonds is 9. The summed E-state index contributed by atoms with van der Waals surface area (Å²) in [7, 11) is 9.89. The summed E-state index contributed by atoms with van der Waals surface area (Å²) in [5, 5.41) is 64.7. The van der Waals surface area contributed by atoms with Gasteiger partial charge in [-0.3, -0.25) is 30.2 Å². The number of aryl methyl sites for hydroxylation is 2. The van der Waals surface area contributed by atoms with Gasteiger partial charge in [0, 0.05) is 105 Å². The minimum absolute atomic E-state index is 0.00322. The number of ether oxygens (including phenoxy) is 17. The molecule has 0 amide bonds. The largest absolute Gasteiger partial charge is 0.518 e. The summed E-state index contributed by atoms with van der Waals surface area (Å²) >= 11 is 7.51. The second kappa shape index (κ2) is 34.8. The molecular weight excluding hydrogens is 1730 g/mol. The Morgan fingerprint density at radius 3 is 1.34 bits per heavy atom. The number of thioether (sulfide) groups is 2. The number of benzene rings is 6. The third kappa shape index (κ3) is 15.3. The maximum absolute atomic E-state index is 15.1. The molecule has 0 saturated carbocycles. The molecule has 14 aliphatic heterocycles. The summed E-state index contributed by atoms with van der Waals surface area (Å²) in [5.41, 5.74) is 5.33. The maximum atomic E-state index is 15.1. The van der Waals surface area contributed by atoms with Gasteiger partial charge in [0.25, 0.3) is 0 Å². The number of nitrogens with one attached hydrogen (secondary N) is 2. The number of nitrogens with zero attached hydrogens (tertiary/aromatic N) is 6. The number of carbonyl (C=O) groups is 6. The van der Waals surface area contributed by atoms with Gasteiger partial charge in [0.1, 0.15) is 48.0 Å². The molecule has 2 unspecified atom stereocenters. The first kappa shape index (κ1) is 90.9. The van der Waals surface area contributed by atoms with E-state index in [0.29, 0.717) is 134 Å². The lowest BCUT2D eigenvalue weighted by atomic mass is 9.71. The predicted molar refractivity (Wildman–Crippen MR) is 465 cm³/mol. The Morgan fingerprint density at radius 1 is 0.527 bits per heavy atom. The normalized spacial score (nSPS) is 26.3. The van der Waals surface area contributed by atoms with E-state index in [1.165, 1.54) is 52.0 Å². The van der Waals surface area contributed by atoms with Crippen molar-refractivity contribution in [1.82, 2.24) is 30.2 Å². The molecule has 37 heteroatoms. The van der Waals surface area contributed by atoms with Crippen LogP contribution >= 0.6 is 35.1 Å². The van der Waals surface area contributed by atoms with Gasteiger partial charge < -0.3 is 95.8 Å². The zero-order valence-corrected chi connectivity index (χ0v) is 76.4. The highest BCUT2D eigenvalue weighted by Gasteiger charge is 2.65. The minimum atomic E-state index is -1.49. The minimum Gasteiger partial charge on any atom is -0.507 e. The molecule has 14 heterocycles.